The molecule has 0 radical (unpaired) electrons. The van der Waals surface area contributed by atoms with E-state index in [2.05, 4.69) is 5.32 Å². The first-order valence-corrected chi connectivity index (χ1v) is 5.87. The van der Waals surface area contributed by atoms with Crippen molar-refractivity contribution in [2.75, 3.05) is 6.61 Å². The molecular weight excluding hydrogens is 262 g/mol. The molecule has 0 bridgehead atoms. The summed E-state index contributed by atoms with van der Waals surface area (Å²) in [5.74, 6) is -1.27. The Hall–Kier alpha value is -1.14. The molecule has 0 saturated heterocycles. The summed E-state index contributed by atoms with van der Waals surface area (Å²) >= 11 is 0. The average molecular weight is 279 g/mol. The summed E-state index contributed by atoms with van der Waals surface area (Å²) in [5.41, 5.74) is -1.31. The van der Waals surface area contributed by atoms with Crippen LogP contribution in [-0.4, -0.2) is 17.3 Å². The second-order valence-corrected chi connectivity index (χ2v) is 5.02. The highest BCUT2D eigenvalue weighted by molar-refractivity contribution is 5.27. The number of benzene rings is 1. The number of hydrogen-bond donors (Lipinski definition) is 2. The van der Waals surface area contributed by atoms with Crippen molar-refractivity contribution in [3.05, 3.63) is 35.1 Å². The molecule has 2 N–H and O–H groups in total. The maximum Gasteiger partial charge on any atom is 0.419 e. The zero-order valence-electron chi connectivity index (χ0n) is 10.8. The number of rotatable bonds is 5. The molecule has 108 valence electrons. The summed E-state index contributed by atoms with van der Waals surface area (Å²) in [6, 6.07) is 2.93. The second kappa shape index (κ2) is 5.88. The lowest BCUT2D eigenvalue weighted by atomic mass is 10.0. The standard InChI is InChI=1S/C13H17F4NO/c1-12(2,5-6-19)18-8-9-3-4-11(14)10(7-9)13(15,16)17/h3-4,7,18-19H,5-6,8H2,1-2H3. The quantitative estimate of drug-likeness (QED) is 0.812. The molecule has 19 heavy (non-hydrogen) atoms. The van der Waals surface area contributed by atoms with Gasteiger partial charge in [-0.25, -0.2) is 4.39 Å². The minimum Gasteiger partial charge on any atom is -0.396 e. The van der Waals surface area contributed by atoms with Crippen LogP contribution in [0.25, 0.3) is 0 Å². The summed E-state index contributed by atoms with van der Waals surface area (Å²) < 4.78 is 50.7. The normalized spacial score (nSPS) is 12.8. The first kappa shape index (κ1) is 15.9. The molecule has 2 nitrogen and oxygen atoms in total. The fourth-order valence-electron chi connectivity index (χ4n) is 1.61. The van der Waals surface area contributed by atoms with E-state index in [0.717, 1.165) is 12.1 Å². The molecule has 0 heterocycles. The van der Waals surface area contributed by atoms with Crippen LogP contribution in [0.1, 0.15) is 31.4 Å². The van der Waals surface area contributed by atoms with Crippen LogP contribution < -0.4 is 5.32 Å². The molecule has 0 unspecified atom stereocenters. The molecule has 0 aromatic heterocycles. The molecule has 0 aliphatic heterocycles. The van der Waals surface area contributed by atoms with E-state index in [0.29, 0.717) is 12.0 Å². The SMILES string of the molecule is CC(C)(CCO)NCc1ccc(F)c(C(F)(F)F)c1. The van der Waals surface area contributed by atoms with E-state index in [9.17, 15) is 17.6 Å². The van der Waals surface area contributed by atoms with Crippen molar-refractivity contribution in [1.82, 2.24) is 5.32 Å². The maximum absolute atomic E-state index is 13.1. The van der Waals surface area contributed by atoms with Crippen molar-refractivity contribution in [1.29, 1.82) is 0 Å². The lowest BCUT2D eigenvalue weighted by Crippen LogP contribution is -2.39. The fraction of sp³-hybridized carbons (Fsp3) is 0.538. The van der Waals surface area contributed by atoms with E-state index in [-0.39, 0.29) is 13.2 Å². The predicted molar refractivity (Wildman–Crippen MR) is 64.0 cm³/mol. The maximum atomic E-state index is 13.1. The smallest absolute Gasteiger partial charge is 0.396 e. The monoisotopic (exact) mass is 279 g/mol. The third-order valence-corrected chi connectivity index (χ3v) is 2.84. The first-order valence-electron chi connectivity index (χ1n) is 5.87. The van der Waals surface area contributed by atoms with Crippen molar-refractivity contribution in [3.8, 4) is 0 Å². The fourth-order valence-corrected chi connectivity index (χ4v) is 1.61. The topological polar surface area (TPSA) is 32.3 Å². The molecule has 0 aliphatic rings. The van der Waals surface area contributed by atoms with Crippen LogP contribution >= 0.6 is 0 Å². The minimum absolute atomic E-state index is 0.0166. The average Bonchev–Trinajstić information content (AvgIpc) is 2.26. The molecule has 0 spiro atoms. The van der Waals surface area contributed by atoms with Crippen LogP contribution in [-0.2, 0) is 12.7 Å². The summed E-state index contributed by atoms with van der Waals surface area (Å²) in [5, 5.41) is 11.9. The molecule has 0 atom stereocenters. The number of nitrogens with one attached hydrogen (secondary N) is 1. The van der Waals surface area contributed by atoms with Crippen molar-refractivity contribution in [3.63, 3.8) is 0 Å². The molecule has 1 rings (SSSR count). The Morgan fingerprint density at radius 3 is 2.37 bits per heavy atom. The summed E-state index contributed by atoms with van der Waals surface area (Å²) in [6.45, 7) is 3.82. The molecule has 1 aromatic rings. The summed E-state index contributed by atoms with van der Waals surface area (Å²) in [7, 11) is 0. The molecule has 1 aromatic carbocycles. The number of halogens is 4. The minimum atomic E-state index is -4.69. The van der Waals surface area contributed by atoms with Crippen LogP contribution in [0.4, 0.5) is 17.6 Å². The van der Waals surface area contributed by atoms with Crippen LogP contribution in [0.15, 0.2) is 18.2 Å². The number of hydrogen-bond acceptors (Lipinski definition) is 2. The number of aliphatic hydroxyl groups excluding tert-OH is 1. The van der Waals surface area contributed by atoms with Crippen LogP contribution in [0.2, 0.25) is 0 Å². The Morgan fingerprint density at radius 1 is 1.21 bits per heavy atom. The second-order valence-electron chi connectivity index (χ2n) is 5.02. The van der Waals surface area contributed by atoms with Gasteiger partial charge in [0.05, 0.1) is 5.56 Å². The highest BCUT2D eigenvalue weighted by atomic mass is 19.4. The van der Waals surface area contributed by atoms with Gasteiger partial charge in [0.2, 0.25) is 0 Å². The van der Waals surface area contributed by atoms with Gasteiger partial charge in [0.25, 0.3) is 0 Å². The van der Waals surface area contributed by atoms with Gasteiger partial charge in [-0.2, -0.15) is 13.2 Å². The van der Waals surface area contributed by atoms with Crippen LogP contribution in [0.5, 0.6) is 0 Å². The van der Waals surface area contributed by atoms with Crippen molar-refractivity contribution in [2.24, 2.45) is 0 Å². The predicted octanol–water partition coefficient (Wildman–Crippen LogP) is 3.10. The van der Waals surface area contributed by atoms with Gasteiger partial charge in [-0.15, -0.1) is 0 Å². The van der Waals surface area contributed by atoms with E-state index < -0.39 is 23.1 Å². The van der Waals surface area contributed by atoms with Gasteiger partial charge in [-0.3, -0.25) is 0 Å². The third-order valence-electron chi connectivity index (χ3n) is 2.84. The van der Waals surface area contributed by atoms with E-state index >= 15 is 0 Å². The highest BCUT2D eigenvalue weighted by Gasteiger charge is 2.34. The zero-order chi connectivity index (χ0) is 14.7. The van der Waals surface area contributed by atoms with Crippen LogP contribution in [0, 0.1) is 5.82 Å². The van der Waals surface area contributed by atoms with Crippen LogP contribution in [0.3, 0.4) is 0 Å². The van der Waals surface area contributed by atoms with E-state index in [4.69, 9.17) is 5.11 Å². The third kappa shape index (κ3) is 4.80. The molecule has 0 saturated carbocycles. The van der Waals surface area contributed by atoms with Crippen molar-refractivity contribution >= 4 is 0 Å². The number of alkyl halides is 3. The largest absolute Gasteiger partial charge is 0.419 e. The Balaban J connectivity index is 2.81. The van der Waals surface area contributed by atoms with Gasteiger partial charge in [-0.1, -0.05) is 6.07 Å². The van der Waals surface area contributed by atoms with Gasteiger partial charge in [0, 0.05) is 18.7 Å². The van der Waals surface area contributed by atoms with Crippen molar-refractivity contribution in [2.45, 2.75) is 38.5 Å². The molecule has 0 amide bonds. The molecule has 0 fully saturated rings. The Bertz CT molecular complexity index is 429. The Morgan fingerprint density at radius 2 is 1.84 bits per heavy atom. The molecule has 0 aliphatic carbocycles. The van der Waals surface area contributed by atoms with E-state index in [1.165, 1.54) is 6.07 Å². The molecule has 6 heteroatoms. The molecular formula is C13H17F4NO. The lowest BCUT2D eigenvalue weighted by molar-refractivity contribution is -0.140. The Labute approximate surface area is 109 Å². The van der Waals surface area contributed by atoms with Gasteiger partial charge in [-0.05, 0) is 38.0 Å². The van der Waals surface area contributed by atoms with Gasteiger partial charge >= 0.3 is 6.18 Å². The number of aliphatic hydroxyl groups is 1. The Kier molecular flexibility index (Phi) is 4.92. The summed E-state index contributed by atoms with van der Waals surface area (Å²) in [4.78, 5) is 0. The van der Waals surface area contributed by atoms with E-state index in [1.807, 2.05) is 13.8 Å². The first-order chi connectivity index (χ1) is 8.65. The van der Waals surface area contributed by atoms with Crippen molar-refractivity contribution < 1.29 is 22.7 Å². The van der Waals surface area contributed by atoms with Gasteiger partial charge in [0.15, 0.2) is 0 Å². The van der Waals surface area contributed by atoms with E-state index in [1.54, 1.807) is 0 Å². The lowest BCUT2D eigenvalue weighted by Gasteiger charge is -2.25. The zero-order valence-corrected chi connectivity index (χ0v) is 10.8. The van der Waals surface area contributed by atoms with Gasteiger partial charge in [0.1, 0.15) is 5.82 Å². The summed E-state index contributed by atoms with van der Waals surface area (Å²) in [6.07, 6.45) is -4.22. The van der Waals surface area contributed by atoms with Gasteiger partial charge < -0.3 is 10.4 Å². The highest BCUT2D eigenvalue weighted by Crippen LogP contribution is 2.31.